The lowest BCUT2D eigenvalue weighted by Gasteiger charge is -2.05. The number of nitrogens with zero attached hydrogens (tertiary/aromatic N) is 2. The first kappa shape index (κ1) is 13.5. The van der Waals surface area contributed by atoms with Gasteiger partial charge < -0.3 is 11.1 Å². The van der Waals surface area contributed by atoms with E-state index in [1.165, 1.54) is 22.0 Å². The number of thiazole rings is 1. The van der Waals surface area contributed by atoms with Crippen LogP contribution in [-0.2, 0) is 6.54 Å². The molecule has 4 nitrogen and oxygen atoms in total. The van der Waals surface area contributed by atoms with Crippen molar-refractivity contribution in [1.82, 2.24) is 9.36 Å². The normalized spacial score (nSPS) is 10.9. The largest absolute Gasteiger partial charge is 0.382 e. The summed E-state index contributed by atoms with van der Waals surface area (Å²) in [6, 6.07) is 2.13. The number of anilines is 2. The van der Waals surface area contributed by atoms with Gasteiger partial charge in [-0.05, 0) is 42.4 Å². The summed E-state index contributed by atoms with van der Waals surface area (Å²) in [5.74, 6) is 0.547. The number of aromatic nitrogens is 2. The zero-order valence-electron chi connectivity index (χ0n) is 11.1. The topological polar surface area (TPSA) is 63.8 Å². The third-order valence-corrected chi connectivity index (χ3v) is 5.59. The first-order chi connectivity index (χ1) is 9.65. The summed E-state index contributed by atoms with van der Waals surface area (Å²) in [5, 5.41) is 9.59. The van der Waals surface area contributed by atoms with Gasteiger partial charge in [-0.25, -0.2) is 4.98 Å². The fourth-order valence-electron chi connectivity index (χ4n) is 1.89. The van der Waals surface area contributed by atoms with Gasteiger partial charge in [0.15, 0.2) is 0 Å². The Hall–Kier alpha value is -1.44. The zero-order chi connectivity index (χ0) is 14.1. The molecule has 3 aromatic rings. The minimum atomic E-state index is 0.547. The predicted molar refractivity (Wildman–Crippen MR) is 88.8 cm³/mol. The summed E-state index contributed by atoms with van der Waals surface area (Å²) >= 11 is 4.77. The number of nitrogen functional groups attached to an aromatic ring is 1. The summed E-state index contributed by atoms with van der Waals surface area (Å²) in [4.78, 5) is 5.84. The molecule has 3 rings (SSSR count). The van der Waals surface area contributed by atoms with Gasteiger partial charge in [-0.3, -0.25) is 0 Å². The average molecular weight is 322 g/mol. The number of aryl methyl sites for hydroxylation is 2. The highest BCUT2D eigenvalue weighted by molar-refractivity contribution is 7.12. The molecule has 20 heavy (non-hydrogen) atoms. The van der Waals surface area contributed by atoms with Crippen molar-refractivity contribution in [3.63, 3.8) is 0 Å². The highest BCUT2D eigenvalue weighted by atomic mass is 32.1. The monoisotopic (exact) mass is 322 g/mol. The van der Waals surface area contributed by atoms with Crippen LogP contribution in [0.2, 0.25) is 0 Å². The first-order valence-corrected chi connectivity index (χ1v) is 8.63. The molecule has 0 spiro atoms. The van der Waals surface area contributed by atoms with Gasteiger partial charge in [0, 0.05) is 10.3 Å². The van der Waals surface area contributed by atoms with Crippen molar-refractivity contribution in [2.75, 3.05) is 11.1 Å². The van der Waals surface area contributed by atoms with Crippen molar-refractivity contribution in [2.24, 2.45) is 0 Å². The van der Waals surface area contributed by atoms with Crippen LogP contribution >= 0.6 is 34.2 Å². The van der Waals surface area contributed by atoms with Crippen molar-refractivity contribution in [3.05, 3.63) is 32.3 Å². The van der Waals surface area contributed by atoms with Crippen LogP contribution in [-0.4, -0.2) is 9.36 Å². The Kier molecular flexibility index (Phi) is 3.73. The molecule has 0 unspecified atom stereocenters. The van der Waals surface area contributed by atoms with Crippen LogP contribution in [0, 0.1) is 13.8 Å². The van der Waals surface area contributed by atoms with Gasteiger partial charge in [-0.1, -0.05) is 0 Å². The standard InChI is InChI=1S/C13H14N4S3/c1-7-3-4-18-10(7)5-15-13-11(12(14)17-20-13)9-6-19-8(2)16-9/h3-4,6,15H,5H2,1-2H3,(H2,14,17). The molecule has 0 aliphatic carbocycles. The number of rotatable bonds is 4. The Morgan fingerprint density at radius 3 is 2.80 bits per heavy atom. The average Bonchev–Trinajstić information content (AvgIpc) is 3.09. The van der Waals surface area contributed by atoms with Gasteiger partial charge in [0.05, 0.1) is 22.8 Å². The molecule has 3 aromatic heterocycles. The second kappa shape index (κ2) is 5.51. The minimum Gasteiger partial charge on any atom is -0.382 e. The van der Waals surface area contributed by atoms with Crippen LogP contribution in [0.25, 0.3) is 11.3 Å². The van der Waals surface area contributed by atoms with Crippen LogP contribution in [0.1, 0.15) is 15.4 Å². The third kappa shape index (κ3) is 2.56. The molecule has 3 N–H and O–H groups in total. The molecule has 0 radical (unpaired) electrons. The Labute approximate surface area is 129 Å². The Morgan fingerprint density at radius 2 is 2.15 bits per heavy atom. The van der Waals surface area contributed by atoms with E-state index in [9.17, 15) is 0 Å². The van der Waals surface area contributed by atoms with E-state index in [-0.39, 0.29) is 0 Å². The molecule has 0 amide bonds. The quantitative estimate of drug-likeness (QED) is 0.758. The molecular formula is C13H14N4S3. The van der Waals surface area contributed by atoms with Crippen LogP contribution in [0.4, 0.5) is 10.8 Å². The van der Waals surface area contributed by atoms with Crippen molar-refractivity contribution in [1.29, 1.82) is 0 Å². The van der Waals surface area contributed by atoms with Crippen LogP contribution in [0.3, 0.4) is 0 Å². The Bertz CT molecular complexity index is 726. The molecule has 7 heteroatoms. The number of thiophene rings is 1. The number of nitrogens with two attached hydrogens (primary N) is 1. The lowest BCUT2D eigenvalue weighted by Crippen LogP contribution is -1.99. The van der Waals surface area contributed by atoms with Gasteiger partial charge >= 0.3 is 0 Å². The Morgan fingerprint density at radius 1 is 1.30 bits per heavy atom. The van der Waals surface area contributed by atoms with Crippen molar-refractivity contribution in [2.45, 2.75) is 20.4 Å². The smallest absolute Gasteiger partial charge is 0.148 e. The molecule has 0 fully saturated rings. The van der Waals surface area contributed by atoms with E-state index in [1.807, 2.05) is 12.3 Å². The summed E-state index contributed by atoms with van der Waals surface area (Å²) in [5.41, 5.74) is 9.13. The maximum atomic E-state index is 5.99. The number of hydrogen-bond acceptors (Lipinski definition) is 7. The van der Waals surface area contributed by atoms with Crippen molar-refractivity contribution in [3.8, 4) is 11.3 Å². The van der Waals surface area contributed by atoms with Crippen LogP contribution in [0.15, 0.2) is 16.8 Å². The molecule has 0 aromatic carbocycles. The molecule has 0 saturated heterocycles. The minimum absolute atomic E-state index is 0.547. The summed E-state index contributed by atoms with van der Waals surface area (Å²) in [6.45, 7) is 4.91. The zero-order valence-corrected chi connectivity index (χ0v) is 13.6. The second-order valence-corrected chi connectivity index (χ2v) is 7.24. The van der Waals surface area contributed by atoms with E-state index < -0.39 is 0 Å². The predicted octanol–water partition coefficient (Wildman–Crippen LogP) is 4.14. The molecule has 0 aliphatic rings. The molecule has 3 heterocycles. The number of nitrogens with one attached hydrogen (secondary N) is 1. The molecule has 104 valence electrons. The molecular weight excluding hydrogens is 308 g/mol. The molecule has 0 bridgehead atoms. The van der Waals surface area contributed by atoms with E-state index in [2.05, 4.69) is 33.0 Å². The summed E-state index contributed by atoms with van der Waals surface area (Å²) < 4.78 is 4.25. The van der Waals surface area contributed by atoms with E-state index in [4.69, 9.17) is 5.73 Å². The van der Waals surface area contributed by atoms with Crippen LogP contribution in [0.5, 0.6) is 0 Å². The highest BCUT2D eigenvalue weighted by Crippen LogP contribution is 2.37. The summed E-state index contributed by atoms with van der Waals surface area (Å²) in [6.07, 6.45) is 0. The van der Waals surface area contributed by atoms with Crippen molar-refractivity contribution >= 4 is 45.0 Å². The molecule has 0 aliphatic heterocycles. The first-order valence-electron chi connectivity index (χ1n) is 6.09. The molecule has 0 saturated carbocycles. The fraction of sp³-hybridized carbons (Fsp3) is 0.231. The highest BCUT2D eigenvalue weighted by Gasteiger charge is 2.16. The lowest BCUT2D eigenvalue weighted by molar-refractivity contribution is 1.18. The van der Waals surface area contributed by atoms with Gasteiger partial charge in [0.25, 0.3) is 0 Å². The van der Waals surface area contributed by atoms with E-state index in [0.29, 0.717) is 5.82 Å². The maximum absolute atomic E-state index is 5.99. The SMILES string of the molecule is Cc1nc(-c2c(N)nsc2NCc2sccc2C)cs1. The van der Waals surface area contributed by atoms with Gasteiger partial charge in [0.1, 0.15) is 10.8 Å². The second-order valence-electron chi connectivity index (χ2n) is 4.40. The lowest BCUT2D eigenvalue weighted by atomic mass is 10.2. The summed E-state index contributed by atoms with van der Waals surface area (Å²) in [7, 11) is 0. The Balaban J connectivity index is 1.86. The van der Waals surface area contributed by atoms with Crippen molar-refractivity contribution < 1.29 is 0 Å². The van der Waals surface area contributed by atoms with Crippen LogP contribution < -0.4 is 11.1 Å². The number of hydrogen-bond donors (Lipinski definition) is 2. The van der Waals surface area contributed by atoms with Gasteiger partial charge in [-0.15, -0.1) is 22.7 Å². The van der Waals surface area contributed by atoms with E-state index in [1.54, 1.807) is 22.7 Å². The molecule has 0 atom stereocenters. The van der Waals surface area contributed by atoms with Gasteiger partial charge in [-0.2, -0.15) is 4.37 Å². The van der Waals surface area contributed by atoms with E-state index >= 15 is 0 Å². The van der Waals surface area contributed by atoms with Gasteiger partial charge in [0.2, 0.25) is 0 Å². The van der Waals surface area contributed by atoms with E-state index in [0.717, 1.165) is 27.8 Å². The third-order valence-electron chi connectivity index (χ3n) is 2.97. The fourth-order valence-corrected chi connectivity index (χ4v) is 4.06. The maximum Gasteiger partial charge on any atom is 0.148 e.